The van der Waals surface area contributed by atoms with Crippen molar-refractivity contribution in [2.75, 3.05) is 50.8 Å². The molecule has 4 N–H and O–H groups in total. The van der Waals surface area contributed by atoms with Crippen LogP contribution in [0, 0.1) is 28.6 Å². The molecule has 17 nitrogen and oxygen atoms in total. The molecular weight excluding hydrogens is 851 g/mol. The van der Waals surface area contributed by atoms with Gasteiger partial charge in [-0.05, 0) is 93.3 Å². The Morgan fingerprint density at radius 2 is 1.85 bits per heavy atom. The highest BCUT2D eigenvalue weighted by atomic mass is 16.5. The van der Waals surface area contributed by atoms with Gasteiger partial charge < -0.3 is 19.9 Å². The molecular formula is C50H55N11O6. The number of nitrogens with zero attached hydrogens (tertiary/aromatic N) is 7. The minimum atomic E-state index is -0.919. The molecule has 5 unspecified atom stereocenters. The first-order chi connectivity index (χ1) is 32.6. The van der Waals surface area contributed by atoms with Crippen LogP contribution in [0.1, 0.15) is 63.0 Å². The van der Waals surface area contributed by atoms with Gasteiger partial charge in [-0.2, -0.15) is 15.3 Å². The predicted molar refractivity (Wildman–Crippen MR) is 250 cm³/mol. The molecule has 5 aliphatic rings. The van der Waals surface area contributed by atoms with Crippen LogP contribution in [0.3, 0.4) is 0 Å². The van der Waals surface area contributed by atoms with Gasteiger partial charge in [0.25, 0.3) is 17.4 Å². The quantitative estimate of drug-likeness (QED) is 0.105. The topological polar surface area (TPSA) is 217 Å². The minimum absolute atomic E-state index is 0.160. The molecule has 17 heteroatoms. The van der Waals surface area contributed by atoms with E-state index in [0.717, 1.165) is 55.6 Å². The van der Waals surface area contributed by atoms with Crippen molar-refractivity contribution < 1.29 is 23.9 Å². The average molecular weight is 906 g/mol. The van der Waals surface area contributed by atoms with Crippen molar-refractivity contribution in [2.45, 2.75) is 69.4 Å². The first-order valence-electron chi connectivity index (χ1n) is 23.3. The maximum Gasteiger partial charge on any atom is 0.275 e. The summed E-state index contributed by atoms with van der Waals surface area (Å²) in [6, 6.07) is 17.0. The third-order valence-electron chi connectivity index (χ3n) is 14.0. The minimum Gasteiger partial charge on any atom is -0.477 e. The maximum atomic E-state index is 13.3. The zero-order valence-corrected chi connectivity index (χ0v) is 37.4. The number of aromatic nitrogens is 4. The van der Waals surface area contributed by atoms with Gasteiger partial charge in [-0.15, -0.1) is 0 Å². The zero-order chi connectivity index (χ0) is 46.4. The summed E-state index contributed by atoms with van der Waals surface area (Å²) in [6.45, 7) is 4.93. The van der Waals surface area contributed by atoms with E-state index in [4.69, 9.17) is 9.72 Å². The molecule has 0 bridgehead atoms. The Kier molecular flexibility index (Phi) is 13.4. The van der Waals surface area contributed by atoms with Crippen LogP contribution in [0.5, 0.6) is 5.88 Å². The van der Waals surface area contributed by atoms with Crippen LogP contribution < -0.4 is 36.7 Å². The number of ether oxygens (including phenoxy) is 1. The molecule has 4 amide bonds. The Balaban J connectivity index is 0.742. The summed E-state index contributed by atoms with van der Waals surface area (Å²) in [7, 11) is 0. The van der Waals surface area contributed by atoms with Crippen molar-refractivity contribution in [3.63, 3.8) is 0 Å². The molecule has 3 fully saturated rings. The largest absolute Gasteiger partial charge is 0.477 e. The molecule has 346 valence electrons. The van der Waals surface area contributed by atoms with Gasteiger partial charge in [-0.1, -0.05) is 55.0 Å². The number of allylic oxidation sites excluding steroid dienone is 3. The number of amides is 4. The van der Waals surface area contributed by atoms with E-state index in [1.54, 1.807) is 30.6 Å². The number of nitrogens with one attached hydrogen (secondary N) is 4. The van der Waals surface area contributed by atoms with E-state index in [0.29, 0.717) is 86.4 Å². The van der Waals surface area contributed by atoms with Crippen molar-refractivity contribution in [3.8, 4) is 23.3 Å². The van der Waals surface area contributed by atoms with Gasteiger partial charge >= 0.3 is 0 Å². The number of carbonyl (C=O) groups is 4. The standard InChI is InChI=1S/C50H55N11O6/c51-33-49(18-4-1-5-19-49)50(20-15-43(63)57-58-50)29-34-7-6-9-35(27-34)46-53-22-17-44(56-46)67-32-37-16-21-52-30-36(37)8-2-3-10-45(64)60-25-23-59(24-26-60)39-11-12-40-38(28-39)31-54-61(48(40)66)41-13-14-42(62)55-47(41)65/h1,4-7,9,11-12,15,17-18,20,22,27-28,31,36-37,41,52,58H,2-3,8,10,13-14,16,19,21,23-26,29-30,32H2,(H,57,63)(H,55,62,65). The molecule has 3 saturated heterocycles. The van der Waals surface area contributed by atoms with Gasteiger partial charge in [-0.3, -0.25) is 34.7 Å². The summed E-state index contributed by atoms with van der Waals surface area (Å²) in [5.41, 5.74) is 6.44. The number of anilines is 1. The third-order valence-corrected chi connectivity index (χ3v) is 14.0. The number of nitriles is 1. The van der Waals surface area contributed by atoms with E-state index in [1.165, 1.54) is 10.8 Å². The highest BCUT2D eigenvalue weighted by Crippen LogP contribution is 2.43. The zero-order valence-electron chi connectivity index (χ0n) is 37.4. The number of unbranched alkanes of at least 4 members (excludes halogenated alkanes) is 1. The van der Waals surface area contributed by atoms with E-state index in [-0.39, 0.29) is 36.1 Å². The van der Waals surface area contributed by atoms with Gasteiger partial charge in [-0.25, -0.2) is 15.1 Å². The Bertz CT molecular complexity index is 2740. The lowest BCUT2D eigenvalue weighted by Crippen LogP contribution is -2.64. The van der Waals surface area contributed by atoms with Crippen LogP contribution in [0.15, 0.2) is 102 Å². The van der Waals surface area contributed by atoms with Crippen molar-refractivity contribution in [1.29, 1.82) is 5.26 Å². The molecule has 0 radical (unpaired) electrons. The van der Waals surface area contributed by atoms with Crippen LogP contribution in [-0.2, 0) is 25.6 Å². The lowest BCUT2D eigenvalue weighted by Gasteiger charge is -2.45. The van der Waals surface area contributed by atoms with Crippen molar-refractivity contribution >= 4 is 40.1 Å². The number of fused-ring (bicyclic) bond motifs is 1. The van der Waals surface area contributed by atoms with Gasteiger partial charge in [0.15, 0.2) is 5.82 Å². The number of benzene rings is 2. The van der Waals surface area contributed by atoms with Crippen molar-refractivity contribution in [3.05, 3.63) is 113 Å². The number of piperazine rings is 1. The number of hydrazine groups is 1. The third kappa shape index (κ3) is 9.77. The van der Waals surface area contributed by atoms with Crippen molar-refractivity contribution in [2.24, 2.45) is 17.3 Å². The lowest BCUT2D eigenvalue weighted by atomic mass is 9.64. The number of hydrogen-bond acceptors (Lipinski definition) is 13. The van der Waals surface area contributed by atoms with Crippen LogP contribution >= 0.6 is 0 Å². The van der Waals surface area contributed by atoms with Crippen LogP contribution in [0.2, 0.25) is 0 Å². The van der Waals surface area contributed by atoms with Crippen LogP contribution in [0.4, 0.5) is 5.69 Å². The fourth-order valence-corrected chi connectivity index (χ4v) is 10.1. The van der Waals surface area contributed by atoms with Gasteiger partial charge in [0.2, 0.25) is 17.7 Å². The fraction of sp³-hybridized carbons (Fsp3) is 0.420. The van der Waals surface area contributed by atoms with Crippen molar-refractivity contribution in [1.82, 2.24) is 46.1 Å². The second-order valence-electron chi connectivity index (χ2n) is 18.2. The Morgan fingerprint density at radius 3 is 2.64 bits per heavy atom. The molecule has 1 aliphatic carbocycles. The number of rotatable bonds is 14. The SMILES string of the molecule is N#CC1(C2(Cc3cccc(-c4nccc(OCC5CCNCC5CCCCC(=O)N5CCN(c6ccc7c(=O)n(C8CCC(=O)NC8=O)ncc7c6)CC5)n4)c3)C=CC(=O)NN2)C=CC=CC1. The highest BCUT2D eigenvalue weighted by Gasteiger charge is 2.50. The monoisotopic (exact) mass is 905 g/mol. The van der Waals surface area contributed by atoms with Gasteiger partial charge in [0.1, 0.15) is 11.5 Å². The molecule has 2 aromatic carbocycles. The molecule has 9 rings (SSSR count). The fourth-order valence-electron chi connectivity index (χ4n) is 10.1. The van der Waals surface area contributed by atoms with Gasteiger partial charge in [0.05, 0.1) is 29.8 Å². The predicted octanol–water partition coefficient (Wildman–Crippen LogP) is 3.84. The Labute approximate surface area is 388 Å². The second kappa shape index (κ2) is 19.8. The molecule has 0 spiro atoms. The van der Waals surface area contributed by atoms with E-state index in [2.05, 4.69) is 42.5 Å². The molecule has 4 aliphatic heterocycles. The number of hydrogen-bond donors (Lipinski definition) is 4. The number of imide groups is 1. The molecule has 5 atom stereocenters. The first kappa shape index (κ1) is 45.1. The normalized spacial score (nSPS) is 25.1. The summed E-state index contributed by atoms with van der Waals surface area (Å²) in [4.78, 5) is 76.2. The van der Waals surface area contributed by atoms with E-state index in [1.807, 2.05) is 65.6 Å². The smallest absolute Gasteiger partial charge is 0.275 e. The lowest BCUT2D eigenvalue weighted by molar-refractivity contribution is -0.136. The maximum absolute atomic E-state index is 13.3. The summed E-state index contributed by atoms with van der Waals surface area (Å²) in [5.74, 6) is 0.834. The Morgan fingerprint density at radius 1 is 0.970 bits per heavy atom. The van der Waals surface area contributed by atoms with E-state index < -0.39 is 22.9 Å². The number of carbonyl (C=O) groups excluding carboxylic acids is 4. The first-order valence-corrected chi connectivity index (χ1v) is 23.3. The molecule has 67 heavy (non-hydrogen) atoms. The van der Waals surface area contributed by atoms with E-state index in [9.17, 15) is 29.2 Å². The van der Waals surface area contributed by atoms with Gasteiger partial charge in [0, 0.05) is 74.0 Å². The summed E-state index contributed by atoms with van der Waals surface area (Å²) in [5, 5.41) is 21.7. The Hall–Kier alpha value is -7.03. The molecule has 0 saturated carbocycles. The summed E-state index contributed by atoms with van der Waals surface area (Å²) in [6.07, 6.45) is 19.8. The number of piperidine rings is 2. The molecule has 4 aromatic rings. The molecule has 2 aromatic heterocycles. The second-order valence-corrected chi connectivity index (χ2v) is 18.2. The average Bonchev–Trinajstić information content (AvgIpc) is 3.36. The van der Waals surface area contributed by atoms with E-state index >= 15 is 0 Å². The summed E-state index contributed by atoms with van der Waals surface area (Å²) < 4.78 is 7.52. The molecule has 6 heterocycles. The highest BCUT2D eigenvalue weighted by molar-refractivity contribution is 5.99. The van der Waals surface area contributed by atoms with Crippen LogP contribution in [-0.4, -0.2) is 99.7 Å². The summed E-state index contributed by atoms with van der Waals surface area (Å²) >= 11 is 0. The van der Waals surface area contributed by atoms with Crippen LogP contribution in [0.25, 0.3) is 22.2 Å².